The van der Waals surface area contributed by atoms with Crippen LogP contribution in [0.3, 0.4) is 0 Å². The molecular weight excluding hydrogens is 272 g/mol. The number of hydrogen-bond acceptors (Lipinski definition) is 2. The first-order chi connectivity index (χ1) is 10.5. The third-order valence-corrected chi connectivity index (χ3v) is 7.21. The van der Waals surface area contributed by atoms with Crippen LogP contribution in [-0.2, 0) is 6.42 Å². The van der Waals surface area contributed by atoms with Gasteiger partial charge in [-0.25, -0.2) is 0 Å². The molecule has 2 nitrogen and oxygen atoms in total. The summed E-state index contributed by atoms with van der Waals surface area (Å²) in [5.74, 6) is 3.62. The summed E-state index contributed by atoms with van der Waals surface area (Å²) in [7, 11) is 1.75. The van der Waals surface area contributed by atoms with Gasteiger partial charge >= 0.3 is 0 Å². The van der Waals surface area contributed by atoms with Crippen molar-refractivity contribution >= 4 is 0 Å². The van der Waals surface area contributed by atoms with Crippen molar-refractivity contribution in [3.8, 4) is 5.75 Å². The van der Waals surface area contributed by atoms with E-state index in [9.17, 15) is 5.11 Å². The quantitative estimate of drug-likeness (QED) is 0.844. The highest BCUT2D eigenvalue weighted by Gasteiger charge is 2.56. The van der Waals surface area contributed by atoms with Crippen molar-refractivity contribution in [1.29, 1.82) is 0 Å². The highest BCUT2D eigenvalue weighted by molar-refractivity contribution is 5.40. The molecule has 0 unspecified atom stereocenters. The van der Waals surface area contributed by atoms with Crippen LogP contribution in [0.15, 0.2) is 18.2 Å². The summed E-state index contributed by atoms with van der Waals surface area (Å²) in [6, 6.07) is 6.68. The van der Waals surface area contributed by atoms with E-state index >= 15 is 0 Å². The van der Waals surface area contributed by atoms with Crippen molar-refractivity contribution in [2.45, 2.75) is 58.0 Å². The monoisotopic (exact) mass is 300 g/mol. The van der Waals surface area contributed by atoms with E-state index in [0.29, 0.717) is 17.8 Å². The second-order valence-corrected chi connectivity index (χ2v) is 8.18. The van der Waals surface area contributed by atoms with Gasteiger partial charge in [0.2, 0.25) is 0 Å². The molecule has 0 bridgehead atoms. The summed E-state index contributed by atoms with van der Waals surface area (Å²) in [5, 5.41) is 10.7. The third-order valence-electron chi connectivity index (χ3n) is 7.21. The van der Waals surface area contributed by atoms with Crippen LogP contribution in [0.5, 0.6) is 5.75 Å². The van der Waals surface area contributed by atoms with E-state index in [-0.39, 0.29) is 11.5 Å². The van der Waals surface area contributed by atoms with Crippen LogP contribution >= 0.6 is 0 Å². The molecule has 1 aromatic carbocycles. The number of ether oxygens (including phenoxy) is 1. The topological polar surface area (TPSA) is 29.5 Å². The van der Waals surface area contributed by atoms with E-state index in [2.05, 4.69) is 32.0 Å². The van der Waals surface area contributed by atoms with Gasteiger partial charge in [0.1, 0.15) is 5.75 Å². The van der Waals surface area contributed by atoms with E-state index in [4.69, 9.17) is 4.74 Å². The fourth-order valence-corrected chi connectivity index (χ4v) is 6.02. The Kier molecular flexibility index (Phi) is 3.30. The molecule has 2 fully saturated rings. The smallest absolute Gasteiger partial charge is 0.119 e. The van der Waals surface area contributed by atoms with Crippen molar-refractivity contribution in [1.82, 2.24) is 0 Å². The Morgan fingerprint density at radius 2 is 2.09 bits per heavy atom. The van der Waals surface area contributed by atoms with E-state index in [1.54, 1.807) is 12.7 Å². The molecule has 3 aliphatic rings. The van der Waals surface area contributed by atoms with Gasteiger partial charge in [-0.05, 0) is 84.5 Å². The molecule has 0 amide bonds. The SMILES string of the molecule is COc1ccc2c(c1)CC[C@@H]1[C@@H]2CC[C@]2(C)[C@@H](O)[C@H](C)C[C@@H]12. The van der Waals surface area contributed by atoms with Gasteiger partial charge in [0.05, 0.1) is 13.2 Å². The fourth-order valence-electron chi connectivity index (χ4n) is 6.02. The van der Waals surface area contributed by atoms with E-state index < -0.39 is 0 Å². The Balaban J connectivity index is 1.69. The lowest BCUT2D eigenvalue weighted by Crippen LogP contribution is -2.44. The highest BCUT2D eigenvalue weighted by Crippen LogP contribution is 2.62. The largest absolute Gasteiger partial charge is 0.497 e. The Bertz CT molecular complexity index is 581. The van der Waals surface area contributed by atoms with Gasteiger partial charge in [0.15, 0.2) is 0 Å². The summed E-state index contributed by atoms with van der Waals surface area (Å²) in [5.41, 5.74) is 3.22. The van der Waals surface area contributed by atoms with Crippen LogP contribution in [-0.4, -0.2) is 18.3 Å². The van der Waals surface area contributed by atoms with Crippen molar-refractivity contribution < 1.29 is 9.84 Å². The minimum absolute atomic E-state index is 0.101. The predicted molar refractivity (Wildman–Crippen MR) is 88.2 cm³/mol. The Labute approximate surface area is 133 Å². The standard InChI is InChI=1S/C20H28O2/c1-12-10-18-17-6-4-13-11-14(22-3)5-7-15(13)16(17)8-9-20(18,2)19(12)21/h5,7,11-12,16-19,21H,4,6,8-10H2,1-3H3/t12-,16-,17-,18+,19+,20+/m1/s1. The summed E-state index contributed by atoms with van der Waals surface area (Å²) < 4.78 is 5.40. The zero-order valence-corrected chi connectivity index (χ0v) is 14.0. The van der Waals surface area contributed by atoms with Crippen molar-refractivity contribution in [2.75, 3.05) is 7.11 Å². The maximum atomic E-state index is 10.7. The molecule has 1 aromatic rings. The van der Waals surface area contributed by atoms with Gasteiger partial charge in [0, 0.05) is 0 Å². The van der Waals surface area contributed by atoms with Gasteiger partial charge < -0.3 is 9.84 Å². The van der Waals surface area contributed by atoms with E-state index in [1.165, 1.54) is 37.7 Å². The maximum Gasteiger partial charge on any atom is 0.119 e. The van der Waals surface area contributed by atoms with Crippen LogP contribution in [0.4, 0.5) is 0 Å². The van der Waals surface area contributed by atoms with Crippen LogP contribution in [0.1, 0.15) is 56.6 Å². The molecule has 6 atom stereocenters. The molecule has 2 saturated carbocycles. The Morgan fingerprint density at radius 1 is 1.27 bits per heavy atom. The predicted octanol–water partition coefficient (Wildman–Crippen LogP) is 4.16. The molecule has 0 aliphatic heterocycles. The number of rotatable bonds is 1. The summed E-state index contributed by atoms with van der Waals surface area (Å²) in [6.45, 7) is 4.59. The zero-order valence-electron chi connectivity index (χ0n) is 14.0. The zero-order chi connectivity index (χ0) is 15.5. The second kappa shape index (κ2) is 4.99. The molecule has 3 aliphatic carbocycles. The first kappa shape index (κ1) is 14.6. The molecule has 0 aromatic heterocycles. The number of aliphatic hydroxyl groups is 1. The summed E-state index contributed by atoms with van der Waals surface area (Å²) >= 11 is 0. The number of methoxy groups -OCH3 is 1. The van der Waals surface area contributed by atoms with Crippen LogP contribution in [0.25, 0.3) is 0 Å². The number of benzene rings is 1. The van der Waals surface area contributed by atoms with E-state index in [1.807, 2.05) is 0 Å². The van der Waals surface area contributed by atoms with Crippen molar-refractivity contribution in [2.24, 2.45) is 23.2 Å². The van der Waals surface area contributed by atoms with Gasteiger partial charge in [-0.1, -0.05) is 19.9 Å². The van der Waals surface area contributed by atoms with Crippen LogP contribution < -0.4 is 4.74 Å². The molecular formula is C20H28O2. The van der Waals surface area contributed by atoms with Gasteiger partial charge in [-0.15, -0.1) is 0 Å². The van der Waals surface area contributed by atoms with Crippen LogP contribution in [0, 0.1) is 23.2 Å². The lowest BCUT2D eigenvalue weighted by Gasteiger charge is -2.50. The average molecular weight is 300 g/mol. The maximum absolute atomic E-state index is 10.7. The van der Waals surface area contributed by atoms with Gasteiger partial charge in [-0.3, -0.25) is 0 Å². The minimum Gasteiger partial charge on any atom is -0.497 e. The number of hydrogen-bond donors (Lipinski definition) is 1. The Morgan fingerprint density at radius 3 is 2.86 bits per heavy atom. The number of fused-ring (bicyclic) bond motifs is 5. The molecule has 0 spiro atoms. The highest BCUT2D eigenvalue weighted by atomic mass is 16.5. The lowest BCUT2D eigenvalue weighted by atomic mass is 9.55. The third kappa shape index (κ3) is 1.89. The van der Waals surface area contributed by atoms with Crippen molar-refractivity contribution in [3.63, 3.8) is 0 Å². The average Bonchev–Trinajstić information content (AvgIpc) is 2.77. The number of aliphatic hydroxyl groups excluding tert-OH is 1. The molecule has 1 N–H and O–H groups in total. The first-order valence-electron chi connectivity index (χ1n) is 8.89. The molecule has 2 heteroatoms. The molecule has 0 saturated heterocycles. The van der Waals surface area contributed by atoms with Crippen molar-refractivity contribution in [3.05, 3.63) is 29.3 Å². The fraction of sp³-hybridized carbons (Fsp3) is 0.700. The summed E-state index contributed by atoms with van der Waals surface area (Å²) in [6.07, 6.45) is 5.98. The molecule has 0 heterocycles. The van der Waals surface area contributed by atoms with Gasteiger partial charge in [-0.2, -0.15) is 0 Å². The Hall–Kier alpha value is -1.02. The van der Waals surface area contributed by atoms with Gasteiger partial charge in [0.25, 0.3) is 0 Å². The first-order valence-corrected chi connectivity index (χ1v) is 8.89. The molecule has 22 heavy (non-hydrogen) atoms. The number of aryl methyl sites for hydroxylation is 1. The second-order valence-electron chi connectivity index (χ2n) is 8.18. The van der Waals surface area contributed by atoms with E-state index in [0.717, 1.165) is 11.7 Å². The molecule has 4 rings (SSSR count). The minimum atomic E-state index is -0.101. The summed E-state index contributed by atoms with van der Waals surface area (Å²) in [4.78, 5) is 0. The van der Waals surface area contributed by atoms with Crippen LogP contribution in [0.2, 0.25) is 0 Å². The normalized spacial score (nSPS) is 43.2. The molecule has 0 radical (unpaired) electrons. The lowest BCUT2D eigenvalue weighted by molar-refractivity contribution is -0.0309. The molecule has 120 valence electrons.